The minimum atomic E-state index is -0.492. The average molecular weight is 573 g/mol. The Balaban J connectivity index is 1.84. The highest BCUT2D eigenvalue weighted by atomic mass is 35.5. The minimum absolute atomic E-state index is 0.180. The second kappa shape index (κ2) is 13.3. The minimum Gasteiger partial charge on any atom is -0.315 e. The summed E-state index contributed by atoms with van der Waals surface area (Å²) in [6.07, 6.45) is 2.86. The van der Waals surface area contributed by atoms with E-state index in [1.807, 2.05) is 42.2 Å². The van der Waals surface area contributed by atoms with Gasteiger partial charge in [0.25, 0.3) is 5.56 Å². The Morgan fingerprint density at radius 2 is 1.54 bits per heavy atom. The Bertz CT molecular complexity index is 1530. The van der Waals surface area contributed by atoms with E-state index in [-0.39, 0.29) is 23.4 Å². The fourth-order valence-corrected chi connectivity index (χ4v) is 5.41. The summed E-state index contributed by atoms with van der Waals surface area (Å²) in [5.41, 5.74) is 4.16. The molecule has 0 aliphatic heterocycles. The third-order valence-corrected chi connectivity index (χ3v) is 7.85. The van der Waals surface area contributed by atoms with E-state index in [0.29, 0.717) is 34.0 Å². The van der Waals surface area contributed by atoms with Gasteiger partial charge < -0.3 is 10.2 Å². The van der Waals surface area contributed by atoms with Crippen LogP contribution in [-0.4, -0.2) is 27.0 Å². The zero-order valence-electron chi connectivity index (χ0n) is 24.9. The summed E-state index contributed by atoms with van der Waals surface area (Å²) in [6, 6.07) is 20.0. The van der Waals surface area contributed by atoms with Crippen molar-refractivity contribution in [1.82, 2.24) is 14.5 Å². The first-order valence-corrected chi connectivity index (χ1v) is 15.0. The molecule has 2 amide bonds. The molecule has 41 heavy (non-hydrogen) atoms. The van der Waals surface area contributed by atoms with E-state index in [4.69, 9.17) is 16.6 Å². The molecule has 1 heterocycles. The predicted octanol–water partition coefficient (Wildman–Crippen LogP) is 9.07. The average Bonchev–Trinajstić information content (AvgIpc) is 2.95. The van der Waals surface area contributed by atoms with Crippen LogP contribution in [0.25, 0.3) is 16.6 Å². The number of fused-ring (bicyclic) bond motifs is 1. The zero-order valence-corrected chi connectivity index (χ0v) is 25.7. The van der Waals surface area contributed by atoms with Crippen LogP contribution in [0.3, 0.4) is 0 Å². The Kier molecular flexibility index (Phi) is 9.87. The van der Waals surface area contributed by atoms with Crippen LogP contribution in [0.4, 0.5) is 10.5 Å². The first-order valence-electron chi connectivity index (χ1n) is 14.6. The number of anilines is 1. The molecule has 0 saturated heterocycles. The van der Waals surface area contributed by atoms with Gasteiger partial charge >= 0.3 is 6.03 Å². The lowest BCUT2D eigenvalue weighted by molar-refractivity contribution is 0.187. The van der Waals surface area contributed by atoms with Crippen molar-refractivity contribution < 1.29 is 4.79 Å². The van der Waals surface area contributed by atoms with Crippen LogP contribution < -0.4 is 10.9 Å². The number of benzene rings is 3. The van der Waals surface area contributed by atoms with Crippen molar-refractivity contribution in [2.24, 2.45) is 0 Å². The Morgan fingerprint density at radius 3 is 2.15 bits per heavy atom. The van der Waals surface area contributed by atoms with E-state index in [9.17, 15) is 9.59 Å². The van der Waals surface area contributed by atoms with Gasteiger partial charge in [-0.2, -0.15) is 0 Å². The third kappa shape index (κ3) is 6.65. The highest BCUT2D eigenvalue weighted by Crippen LogP contribution is 2.33. The number of nitrogens with zero attached hydrogens (tertiary/aromatic N) is 3. The van der Waals surface area contributed by atoms with Crippen molar-refractivity contribution >= 4 is 34.2 Å². The number of hydrogen-bond donors (Lipinski definition) is 1. The topological polar surface area (TPSA) is 67.2 Å². The van der Waals surface area contributed by atoms with Gasteiger partial charge in [0.05, 0.1) is 22.6 Å². The number of rotatable bonds is 10. The summed E-state index contributed by atoms with van der Waals surface area (Å²) in [4.78, 5) is 34.9. The maximum Gasteiger partial charge on any atom is 0.322 e. The Labute approximate surface area is 248 Å². The van der Waals surface area contributed by atoms with Gasteiger partial charge in [-0.3, -0.25) is 9.36 Å². The van der Waals surface area contributed by atoms with E-state index < -0.39 is 6.04 Å². The summed E-state index contributed by atoms with van der Waals surface area (Å²) in [7, 11) is 0. The summed E-state index contributed by atoms with van der Waals surface area (Å²) in [5.74, 6) is 0.989. The number of urea groups is 1. The molecule has 3 aromatic carbocycles. The largest absolute Gasteiger partial charge is 0.322 e. The van der Waals surface area contributed by atoms with Gasteiger partial charge in [0.15, 0.2) is 0 Å². The van der Waals surface area contributed by atoms with Gasteiger partial charge in [0, 0.05) is 17.3 Å². The number of aromatic nitrogens is 2. The standard InChI is InChI=1S/C34H41ClN4O2/c1-7-8-11-21-38(34(41)37-31-27(22(2)3)14-12-15-28(31)23(4)5)24(6)32-36-30-16-10-9-13-29(30)33(40)39(32)26-19-17-25(35)18-20-26/h9-10,12-20,22-24H,7-8,11,21H2,1-6H3,(H,37,41). The molecular formula is C34H41ClN4O2. The van der Waals surface area contributed by atoms with Crippen molar-refractivity contribution in [1.29, 1.82) is 0 Å². The molecule has 0 saturated carbocycles. The molecule has 1 N–H and O–H groups in total. The molecule has 0 radical (unpaired) electrons. The first kappa shape index (κ1) is 30.3. The fourth-order valence-electron chi connectivity index (χ4n) is 5.29. The number of hydrogen-bond acceptors (Lipinski definition) is 3. The van der Waals surface area contributed by atoms with Gasteiger partial charge in [0.1, 0.15) is 5.82 Å². The Hall–Kier alpha value is -3.64. The van der Waals surface area contributed by atoms with Crippen molar-refractivity contribution in [3.63, 3.8) is 0 Å². The maximum atomic E-state index is 14.2. The van der Waals surface area contributed by atoms with Gasteiger partial charge in [0.2, 0.25) is 0 Å². The monoisotopic (exact) mass is 572 g/mol. The molecule has 0 fully saturated rings. The van der Waals surface area contributed by atoms with Crippen molar-refractivity contribution in [2.45, 2.75) is 78.7 Å². The van der Waals surface area contributed by atoms with Crippen LogP contribution in [0.5, 0.6) is 0 Å². The van der Waals surface area contributed by atoms with Crippen molar-refractivity contribution in [3.05, 3.63) is 99.1 Å². The summed E-state index contributed by atoms with van der Waals surface area (Å²) in [5, 5.41) is 4.39. The quantitative estimate of drug-likeness (QED) is 0.193. The van der Waals surface area contributed by atoms with Gasteiger partial charge in [-0.25, -0.2) is 9.78 Å². The Morgan fingerprint density at radius 1 is 0.902 bits per heavy atom. The smallest absolute Gasteiger partial charge is 0.315 e. The van der Waals surface area contributed by atoms with Crippen LogP contribution >= 0.6 is 11.6 Å². The lowest BCUT2D eigenvalue weighted by atomic mass is 9.92. The second-order valence-corrected chi connectivity index (χ2v) is 11.7. The van der Waals surface area contributed by atoms with Crippen LogP contribution in [0, 0.1) is 0 Å². The highest BCUT2D eigenvalue weighted by molar-refractivity contribution is 6.30. The fraction of sp³-hybridized carbons (Fsp3) is 0.382. The van der Waals surface area contributed by atoms with E-state index >= 15 is 0 Å². The number of unbranched alkanes of at least 4 members (excludes halogenated alkanes) is 2. The van der Waals surface area contributed by atoms with Crippen molar-refractivity contribution in [2.75, 3.05) is 11.9 Å². The summed E-state index contributed by atoms with van der Waals surface area (Å²) in [6.45, 7) is 13.2. The number of carbonyl (C=O) groups is 1. The molecule has 4 aromatic rings. The van der Waals surface area contributed by atoms with E-state index in [2.05, 4.69) is 58.1 Å². The predicted molar refractivity (Wildman–Crippen MR) is 171 cm³/mol. The molecule has 1 aromatic heterocycles. The molecular weight excluding hydrogens is 532 g/mol. The third-order valence-electron chi connectivity index (χ3n) is 7.60. The van der Waals surface area contributed by atoms with Crippen LogP contribution in [0.1, 0.15) is 95.6 Å². The molecule has 6 nitrogen and oxygen atoms in total. The molecule has 0 bridgehead atoms. The number of nitrogens with one attached hydrogen (secondary N) is 1. The molecule has 216 valence electrons. The second-order valence-electron chi connectivity index (χ2n) is 11.2. The number of halogens is 1. The van der Waals surface area contributed by atoms with Gasteiger partial charge in [-0.15, -0.1) is 0 Å². The van der Waals surface area contributed by atoms with Gasteiger partial charge in [-0.1, -0.05) is 89.4 Å². The highest BCUT2D eigenvalue weighted by Gasteiger charge is 2.28. The first-order chi connectivity index (χ1) is 19.6. The molecule has 4 rings (SSSR count). The zero-order chi connectivity index (χ0) is 29.7. The lowest BCUT2D eigenvalue weighted by Gasteiger charge is -2.32. The van der Waals surface area contributed by atoms with Crippen LogP contribution in [0.15, 0.2) is 71.5 Å². The summed E-state index contributed by atoms with van der Waals surface area (Å²) < 4.78 is 1.62. The molecule has 7 heteroatoms. The van der Waals surface area contributed by atoms with Crippen LogP contribution in [0.2, 0.25) is 5.02 Å². The number of para-hydroxylation sites is 2. The van der Waals surface area contributed by atoms with Gasteiger partial charge in [-0.05, 0) is 72.7 Å². The normalized spacial score (nSPS) is 12.2. The molecule has 0 aliphatic carbocycles. The van der Waals surface area contributed by atoms with Crippen LogP contribution in [-0.2, 0) is 0 Å². The summed E-state index contributed by atoms with van der Waals surface area (Å²) >= 11 is 6.18. The molecule has 0 aliphatic rings. The SMILES string of the molecule is CCCCCN(C(=O)Nc1c(C(C)C)cccc1C(C)C)C(C)c1nc2ccccc2c(=O)n1-c1ccc(Cl)cc1. The molecule has 1 atom stereocenters. The number of carbonyl (C=O) groups excluding carboxylic acids is 1. The maximum absolute atomic E-state index is 14.2. The van der Waals surface area contributed by atoms with Crippen molar-refractivity contribution in [3.8, 4) is 5.69 Å². The molecule has 1 unspecified atom stereocenters. The van der Waals surface area contributed by atoms with E-state index in [1.54, 1.807) is 22.8 Å². The number of amides is 2. The van der Waals surface area contributed by atoms with E-state index in [0.717, 1.165) is 36.1 Å². The molecule has 0 spiro atoms. The van der Waals surface area contributed by atoms with E-state index in [1.165, 1.54) is 0 Å². The lowest BCUT2D eigenvalue weighted by Crippen LogP contribution is -2.40.